The Hall–Kier alpha value is -3.32. The van der Waals surface area contributed by atoms with Gasteiger partial charge < -0.3 is 9.84 Å². The number of ether oxygens (including phenoxy) is 1. The van der Waals surface area contributed by atoms with Crippen LogP contribution in [0.3, 0.4) is 0 Å². The third-order valence-corrected chi connectivity index (χ3v) is 5.40. The summed E-state index contributed by atoms with van der Waals surface area (Å²) in [6.45, 7) is 20.8. The van der Waals surface area contributed by atoms with Crippen LogP contribution in [0.25, 0.3) is 11.6 Å². The van der Waals surface area contributed by atoms with E-state index in [0.717, 1.165) is 11.3 Å². The summed E-state index contributed by atoms with van der Waals surface area (Å²) >= 11 is 0. The van der Waals surface area contributed by atoms with Gasteiger partial charge in [-0.3, -0.25) is 4.72 Å². The molecule has 0 heterocycles. The topological polar surface area (TPSA) is 92.7 Å². The van der Waals surface area contributed by atoms with Crippen LogP contribution in [0.15, 0.2) is 72.8 Å². The summed E-state index contributed by atoms with van der Waals surface area (Å²) in [5.74, 6) is -0.366. The molecule has 0 aliphatic carbocycles. The second-order valence-electron chi connectivity index (χ2n) is 6.96. The molecule has 0 aliphatic rings. The van der Waals surface area contributed by atoms with Crippen LogP contribution in [0.5, 0.6) is 5.75 Å². The molecule has 2 N–H and O–H groups in total. The summed E-state index contributed by atoms with van der Waals surface area (Å²) < 4.78 is 32.4. The van der Waals surface area contributed by atoms with Crippen molar-refractivity contribution in [3.63, 3.8) is 0 Å². The number of carbonyl (C=O) groups is 1. The van der Waals surface area contributed by atoms with E-state index in [2.05, 4.69) is 24.5 Å². The van der Waals surface area contributed by atoms with Crippen molar-refractivity contribution in [3.8, 4) is 5.75 Å². The number of sulfonamides is 1. The number of nitrogens with one attached hydrogen (secondary N) is 1. The van der Waals surface area contributed by atoms with Crippen molar-refractivity contribution in [2.45, 2.75) is 52.5 Å². The minimum Gasteiger partial charge on any atom is -0.491 e. The minimum absolute atomic E-state index is 0.0278. The average molecular weight is 474 g/mol. The van der Waals surface area contributed by atoms with E-state index < -0.39 is 16.0 Å². The fourth-order valence-corrected chi connectivity index (χ4v) is 3.76. The fraction of sp³-hybridized carbons (Fsp3) is 0.269. The van der Waals surface area contributed by atoms with E-state index in [1.54, 1.807) is 18.2 Å². The van der Waals surface area contributed by atoms with Gasteiger partial charge >= 0.3 is 5.97 Å². The first-order chi connectivity index (χ1) is 15.5. The molecule has 6 nitrogen and oxygen atoms in total. The molecule has 0 aromatic heterocycles. The van der Waals surface area contributed by atoms with Crippen molar-refractivity contribution < 1.29 is 23.1 Å². The Morgan fingerprint density at radius 3 is 2.06 bits per heavy atom. The van der Waals surface area contributed by atoms with Crippen LogP contribution in [0.1, 0.15) is 51.3 Å². The lowest BCUT2D eigenvalue weighted by Gasteiger charge is -2.13. The molecule has 180 valence electrons. The first kappa shape index (κ1) is 29.7. The summed E-state index contributed by atoms with van der Waals surface area (Å²) in [6.07, 6.45) is 1.59. The van der Waals surface area contributed by atoms with Crippen LogP contribution in [0, 0.1) is 6.92 Å². The number of aliphatic carboxylic acids is 1. The molecule has 0 atom stereocenters. The highest BCUT2D eigenvalue weighted by atomic mass is 32.2. The Balaban J connectivity index is 0.00000242. The largest absolute Gasteiger partial charge is 0.491 e. The number of allylic oxidation sites excluding steroid dienone is 1. The lowest BCUT2D eigenvalue weighted by Crippen LogP contribution is -2.21. The van der Waals surface area contributed by atoms with Crippen molar-refractivity contribution in [2.24, 2.45) is 0 Å². The Bertz CT molecular complexity index is 1070. The van der Waals surface area contributed by atoms with Gasteiger partial charge in [0.25, 0.3) is 10.0 Å². The second kappa shape index (κ2) is 14.0. The molecule has 0 fully saturated rings. The predicted octanol–water partition coefficient (Wildman–Crippen LogP) is 6.05. The molecular formula is C26H35NO5S. The summed E-state index contributed by atoms with van der Waals surface area (Å²) in [4.78, 5) is 11.8. The van der Waals surface area contributed by atoms with E-state index in [-0.39, 0.29) is 16.6 Å². The minimum atomic E-state index is -3.73. The van der Waals surface area contributed by atoms with Crippen LogP contribution < -0.4 is 9.46 Å². The van der Waals surface area contributed by atoms with Crippen LogP contribution in [-0.2, 0) is 14.8 Å². The van der Waals surface area contributed by atoms with Gasteiger partial charge in [-0.25, -0.2) is 13.2 Å². The maximum Gasteiger partial charge on any atom is 0.336 e. The Morgan fingerprint density at radius 1 is 1.09 bits per heavy atom. The zero-order valence-corrected chi connectivity index (χ0v) is 21.1. The third-order valence-electron chi connectivity index (χ3n) is 3.89. The first-order valence-corrected chi connectivity index (χ1v) is 12.0. The molecule has 0 saturated carbocycles. The molecule has 2 aromatic carbocycles. The maximum atomic E-state index is 12.2. The van der Waals surface area contributed by atoms with Gasteiger partial charge in [0.05, 0.1) is 16.6 Å². The molecule has 33 heavy (non-hydrogen) atoms. The maximum absolute atomic E-state index is 12.2. The van der Waals surface area contributed by atoms with E-state index in [0.29, 0.717) is 16.8 Å². The van der Waals surface area contributed by atoms with Gasteiger partial charge in [-0.15, -0.1) is 13.2 Å². The SMILES string of the molecule is C=C.C=C(C)NS(=O)(=O)c1ccc(/C(=C\c2ccc(OC(C)C)c(C)c2)C(=O)O)cc1.CC. The lowest BCUT2D eigenvalue weighted by atomic mass is 10.0. The van der Waals surface area contributed by atoms with Crippen molar-refractivity contribution in [3.05, 3.63) is 84.6 Å². The number of carboxylic acids is 1. The lowest BCUT2D eigenvalue weighted by molar-refractivity contribution is -0.130. The highest BCUT2D eigenvalue weighted by Gasteiger charge is 2.16. The summed E-state index contributed by atoms with van der Waals surface area (Å²) in [5, 5.41) is 9.64. The molecule has 2 aromatic rings. The molecule has 7 heteroatoms. The van der Waals surface area contributed by atoms with E-state index >= 15 is 0 Å². The van der Waals surface area contributed by atoms with Crippen molar-refractivity contribution in [1.82, 2.24) is 4.72 Å². The summed E-state index contributed by atoms with van der Waals surface area (Å²) in [5.41, 5.74) is 2.34. The fourth-order valence-electron chi connectivity index (χ4n) is 2.69. The van der Waals surface area contributed by atoms with Crippen LogP contribution in [0.4, 0.5) is 0 Å². The van der Waals surface area contributed by atoms with E-state index in [1.165, 1.54) is 31.2 Å². The first-order valence-electron chi connectivity index (χ1n) is 10.5. The monoisotopic (exact) mass is 473 g/mol. The number of benzene rings is 2. The summed E-state index contributed by atoms with van der Waals surface area (Å²) in [7, 11) is -3.73. The van der Waals surface area contributed by atoms with Crippen molar-refractivity contribution in [1.29, 1.82) is 0 Å². The zero-order valence-electron chi connectivity index (χ0n) is 20.3. The van der Waals surface area contributed by atoms with E-state index in [1.807, 2.05) is 40.7 Å². The van der Waals surface area contributed by atoms with Gasteiger partial charge in [0.2, 0.25) is 0 Å². The van der Waals surface area contributed by atoms with Crippen molar-refractivity contribution >= 4 is 27.6 Å². The van der Waals surface area contributed by atoms with Gasteiger partial charge in [0.1, 0.15) is 5.75 Å². The molecule has 0 unspecified atom stereocenters. The average Bonchev–Trinajstić information content (AvgIpc) is 2.75. The number of hydrogen-bond donors (Lipinski definition) is 2. The molecular weight excluding hydrogens is 438 g/mol. The van der Waals surface area contributed by atoms with E-state index in [9.17, 15) is 18.3 Å². The number of carboxylic acid groups (broad SMARTS) is 1. The predicted molar refractivity (Wildman–Crippen MR) is 137 cm³/mol. The van der Waals surface area contributed by atoms with Crippen LogP contribution >= 0.6 is 0 Å². The zero-order chi connectivity index (χ0) is 25.8. The van der Waals surface area contributed by atoms with E-state index in [4.69, 9.17) is 4.74 Å². The van der Waals surface area contributed by atoms with Gasteiger partial charge in [0, 0.05) is 5.70 Å². The Labute approximate surface area is 198 Å². The normalized spacial score (nSPS) is 10.8. The number of rotatable bonds is 8. The highest BCUT2D eigenvalue weighted by Crippen LogP contribution is 2.25. The molecule has 2 rings (SSSR count). The van der Waals surface area contributed by atoms with Gasteiger partial charge in [-0.1, -0.05) is 38.6 Å². The quantitative estimate of drug-likeness (QED) is 0.277. The summed E-state index contributed by atoms with van der Waals surface area (Å²) in [6, 6.07) is 11.1. The van der Waals surface area contributed by atoms with Gasteiger partial charge in [-0.05, 0) is 74.7 Å². The molecule has 0 radical (unpaired) electrons. The molecule has 0 saturated heterocycles. The molecule has 0 amide bonds. The standard InChI is InChI=1S/C22H25NO5S.C2H6.C2H4/c1-14(2)23-29(26,27)19-9-7-18(8-10-19)20(22(24)25)13-17-6-11-21(16(5)12-17)28-15(3)4;2*1-2/h6-13,15,23H,1H2,2-5H3,(H,24,25);1-2H3;1-2H2/b20-13+;;. The molecule has 0 aliphatic heterocycles. The van der Waals surface area contributed by atoms with Gasteiger partial charge in [0.15, 0.2) is 0 Å². The molecule has 0 bridgehead atoms. The smallest absolute Gasteiger partial charge is 0.336 e. The van der Waals surface area contributed by atoms with Crippen LogP contribution in [0.2, 0.25) is 0 Å². The molecule has 0 spiro atoms. The van der Waals surface area contributed by atoms with Gasteiger partial charge in [-0.2, -0.15) is 0 Å². The Kier molecular flexibility index (Phi) is 12.6. The second-order valence-corrected chi connectivity index (χ2v) is 8.65. The third kappa shape index (κ3) is 9.37. The van der Waals surface area contributed by atoms with Crippen molar-refractivity contribution in [2.75, 3.05) is 0 Å². The number of hydrogen-bond acceptors (Lipinski definition) is 4. The Morgan fingerprint density at radius 2 is 1.64 bits per heavy atom. The highest BCUT2D eigenvalue weighted by molar-refractivity contribution is 7.89. The number of aryl methyl sites for hydroxylation is 1. The van der Waals surface area contributed by atoms with Crippen LogP contribution in [-0.4, -0.2) is 25.6 Å².